The number of ether oxygens (including phenoxy) is 1. The summed E-state index contributed by atoms with van der Waals surface area (Å²) < 4.78 is 6.82. The molecule has 0 fully saturated rings. The van der Waals surface area contributed by atoms with E-state index in [0.717, 1.165) is 5.56 Å². The van der Waals surface area contributed by atoms with Crippen molar-refractivity contribution < 1.29 is 9.66 Å². The lowest BCUT2D eigenvalue weighted by molar-refractivity contribution is -0.384. The lowest BCUT2D eigenvalue weighted by Gasteiger charge is -2.09. The molecule has 3 rings (SSSR count). The van der Waals surface area contributed by atoms with E-state index >= 15 is 0 Å². The zero-order valence-corrected chi connectivity index (χ0v) is 13.2. The quantitative estimate of drug-likeness (QED) is 0.510. The normalized spacial score (nSPS) is 10.4. The molecule has 2 aromatic carbocycles. The summed E-state index contributed by atoms with van der Waals surface area (Å²) in [6.45, 7) is 0.411. The van der Waals surface area contributed by atoms with E-state index in [9.17, 15) is 14.9 Å². The van der Waals surface area contributed by atoms with Gasteiger partial charge in [0.2, 0.25) is 0 Å². The lowest BCUT2D eigenvalue weighted by Crippen LogP contribution is -2.25. The number of non-ortho nitro benzene ring substituents is 1. The minimum absolute atomic E-state index is 0.0427. The second-order valence-electron chi connectivity index (χ2n) is 5.25. The van der Waals surface area contributed by atoms with Crippen molar-refractivity contribution in [3.8, 4) is 17.0 Å². The van der Waals surface area contributed by atoms with Crippen LogP contribution in [0.2, 0.25) is 0 Å². The first kappa shape index (κ1) is 16.4. The molecule has 0 aliphatic carbocycles. The van der Waals surface area contributed by atoms with Crippen LogP contribution in [0.5, 0.6) is 5.75 Å². The van der Waals surface area contributed by atoms with Crippen LogP contribution < -0.4 is 10.3 Å². The van der Waals surface area contributed by atoms with E-state index < -0.39 is 4.92 Å². The number of aromatic nitrogens is 2. The number of hydrogen-bond donors (Lipinski definition) is 0. The van der Waals surface area contributed by atoms with Crippen molar-refractivity contribution in [2.75, 3.05) is 6.61 Å². The van der Waals surface area contributed by atoms with Crippen molar-refractivity contribution in [2.24, 2.45) is 0 Å². The van der Waals surface area contributed by atoms with Gasteiger partial charge in [-0.25, -0.2) is 4.68 Å². The third-order valence-electron chi connectivity index (χ3n) is 3.54. The van der Waals surface area contributed by atoms with Crippen LogP contribution in [0, 0.1) is 10.1 Å². The Kier molecular flexibility index (Phi) is 4.84. The average Bonchev–Trinajstić information content (AvgIpc) is 2.64. The molecule has 3 aromatic rings. The van der Waals surface area contributed by atoms with E-state index in [1.165, 1.54) is 22.9 Å². The first-order valence-electron chi connectivity index (χ1n) is 7.64. The van der Waals surface area contributed by atoms with Gasteiger partial charge in [-0.3, -0.25) is 14.9 Å². The number of nitro groups is 1. The third-order valence-corrected chi connectivity index (χ3v) is 3.54. The van der Waals surface area contributed by atoms with Gasteiger partial charge in [0.25, 0.3) is 11.2 Å². The largest absolute Gasteiger partial charge is 0.491 e. The zero-order valence-electron chi connectivity index (χ0n) is 13.2. The van der Waals surface area contributed by atoms with Crippen molar-refractivity contribution in [3.05, 3.63) is 87.2 Å². The smallest absolute Gasteiger partial charge is 0.273 e. The van der Waals surface area contributed by atoms with Gasteiger partial charge in [-0.05, 0) is 12.1 Å². The lowest BCUT2D eigenvalue weighted by atomic mass is 10.1. The van der Waals surface area contributed by atoms with E-state index in [1.54, 1.807) is 18.2 Å². The summed E-state index contributed by atoms with van der Waals surface area (Å²) in [5.74, 6) is 0.376. The van der Waals surface area contributed by atoms with E-state index in [1.807, 2.05) is 30.3 Å². The molecule has 0 atom stereocenters. The summed E-state index contributed by atoms with van der Waals surface area (Å²) in [4.78, 5) is 22.2. The Labute approximate surface area is 143 Å². The molecule has 0 saturated carbocycles. The molecule has 0 saturated heterocycles. The Bertz CT molecular complexity index is 938. The van der Waals surface area contributed by atoms with Gasteiger partial charge in [-0.1, -0.05) is 36.4 Å². The molecule has 0 amide bonds. The van der Waals surface area contributed by atoms with Crippen LogP contribution in [-0.2, 0) is 6.54 Å². The maximum Gasteiger partial charge on any atom is 0.273 e. The average molecular weight is 337 g/mol. The molecule has 1 heterocycles. The van der Waals surface area contributed by atoms with Crippen LogP contribution in [0.15, 0.2) is 71.5 Å². The van der Waals surface area contributed by atoms with Crippen LogP contribution in [0.25, 0.3) is 11.3 Å². The van der Waals surface area contributed by atoms with Gasteiger partial charge in [0.05, 0.1) is 23.2 Å². The highest BCUT2D eigenvalue weighted by atomic mass is 16.6. The van der Waals surface area contributed by atoms with Gasteiger partial charge < -0.3 is 4.74 Å². The zero-order chi connectivity index (χ0) is 17.6. The molecule has 7 heteroatoms. The standard InChI is InChI=1S/C18H15N3O4/c22-18-10-9-17(14-5-2-1-3-6-14)19-20(18)11-12-25-16-8-4-7-15(13-16)21(23)24/h1-10,13H,11-12H2. The predicted molar refractivity (Wildman–Crippen MR) is 92.5 cm³/mol. The molecule has 1 aromatic heterocycles. The third kappa shape index (κ3) is 4.08. The highest BCUT2D eigenvalue weighted by molar-refractivity contribution is 5.57. The van der Waals surface area contributed by atoms with E-state index in [2.05, 4.69) is 5.10 Å². The molecular formula is C18H15N3O4. The van der Waals surface area contributed by atoms with Crippen LogP contribution >= 0.6 is 0 Å². The molecule has 7 nitrogen and oxygen atoms in total. The van der Waals surface area contributed by atoms with Crippen molar-refractivity contribution in [1.82, 2.24) is 9.78 Å². The minimum Gasteiger partial charge on any atom is -0.491 e. The number of hydrogen-bond acceptors (Lipinski definition) is 5. The van der Waals surface area contributed by atoms with Crippen LogP contribution in [-0.4, -0.2) is 21.3 Å². The summed E-state index contributed by atoms with van der Waals surface area (Å²) >= 11 is 0. The number of benzene rings is 2. The van der Waals surface area contributed by atoms with Crippen LogP contribution in [0.3, 0.4) is 0 Å². The molecule has 0 unspecified atom stereocenters. The maximum atomic E-state index is 11.9. The minimum atomic E-state index is -0.484. The Morgan fingerprint density at radius 3 is 2.60 bits per heavy atom. The van der Waals surface area contributed by atoms with Gasteiger partial charge in [-0.15, -0.1) is 0 Å². The Balaban J connectivity index is 1.70. The Morgan fingerprint density at radius 1 is 1.04 bits per heavy atom. The summed E-state index contributed by atoms with van der Waals surface area (Å²) in [5.41, 5.74) is 1.33. The summed E-state index contributed by atoms with van der Waals surface area (Å²) in [5, 5.41) is 15.1. The summed E-state index contributed by atoms with van der Waals surface area (Å²) in [6, 6.07) is 18.6. The number of nitro benzene ring substituents is 1. The maximum absolute atomic E-state index is 11.9. The number of rotatable bonds is 6. The van der Waals surface area contributed by atoms with Gasteiger partial charge in [0.1, 0.15) is 12.4 Å². The van der Waals surface area contributed by atoms with Crippen LogP contribution in [0.1, 0.15) is 0 Å². The highest BCUT2D eigenvalue weighted by Gasteiger charge is 2.07. The second-order valence-corrected chi connectivity index (χ2v) is 5.25. The van der Waals surface area contributed by atoms with Gasteiger partial charge in [0.15, 0.2) is 0 Å². The van der Waals surface area contributed by atoms with Crippen molar-refractivity contribution in [1.29, 1.82) is 0 Å². The summed E-state index contributed by atoms with van der Waals surface area (Å²) in [7, 11) is 0. The predicted octanol–water partition coefficient (Wildman–Crippen LogP) is 2.90. The molecule has 25 heavy (non-hydrogen) atoms. The van der Waals surface area contributed by atoms with Gasteiger partial charge >= 0.3 is 0 Å². The van der Waals surface area contributed by atoms with E-state index in [4.69, 9.17) is 4.74 Å². The monoisotopic (exact) mass is 337 g/mol. The highest BCUT2D eigenvalue weighted by Crippen LogP contribution is 2.19. The fraction of sp³-hybridized carbons (Fsp3) is 0.111. The summed E-state index contributed by atoms with van der Waals surface area (Å²) in [6.07, 6.45) is 0. The van der Waals surface area contributed by atoms with E-state index in [0.29, 0.717) is 11.4 Å². The van der Waals surface area contributed by atoms with Crippen molar-refractivity contribution >= 4 is 5.69 Å². The first-order chi connectivity index (χ1) is 12.1. The number of nitrogens with zero attached hydrogens (tertiary/aromatic N) is 3. The van der Waals surface area contributed by atoms with E-state index in [-0.39, 0.29) is 24.4 Å². The Morgan fingerprint density at radius 2 is 1.84 bits per heavy atom. The van der Waals surface area contributed by atoms with Crippen molar-refractivity contribution in [2.45, 2.75) is 6.54 Å². The molecule has 0 radical (unpaired) electrons. The molecule has 0 bridgehead atoms. The first-order valence-corrected chi connectivity index (χ1v) is 7.64. The topological polar surface area (TPSA) is 87.3 Å². The van der Waals surface area contributed by atoms with Gasteiger partial charge in [0, 0.05) is 17.7 Å². The molecule has 0 spiro atoms. The fourth-order valence-electron chi connectivity index (χ4n) is 2.31. The second kappa shape index (κ2) is 7.39. The molecule has 126 valence electrons. The molecule has 0 aliphatic rings. The molecule has 0 N–H and O–H groups in total. The SMILES string of the molecule is O=c1ccc(-c2ccccc2)nn1CCOc1cccc([N+](=O)[O-])c1. The van der Waals surface area contributed by atoms with Crippen LogP contribution in [0.4, 0.5) is 5.69 Å². The van der Waals surface area contributed by atoms with Gasteiger partial charge in [-0.2, -0.15) is 5.10 Å². The Hall–Kier alpha value is -3.48. The molecule has 0 aliphatic heterocycles. The fourth-order valence-corrected chi connectivity index (χ4v) is 2.31. The molecular weight excluding hydrogens is 322 g/mol. The van der Waals surface area contributed by atoms with Crippen molar-refractivity contribution in [3.63, 3.8) is 0 Å².